The standard InChI is InChI=1S/C25H30NO.C5H5.Fe/c1-25-12-11-22-21-10-8-20(27-2)13-18(21)7-9-23(22)24(25)14-19(15-25)26-16-17-5-3-4-6-17;1-2-4-5-3-1;/h3-6,8,10,13,16,19,22-24H,7,9,11-12,14-15H2,1-2H3;1-5H;/q;;+2/t19-,22-,23-,24+,25-;;/m1../s1. The van der Waals surface area contributed by atoms with E-state index in [4.69, 9.17) is 9.73 Å². The third-order valence-corrected chi connectivity index (χ3v) is 8.36. The fraction of sp³-hybridized carbons (Fsp3) is 0.433. The topological polar surface area (TPSA) is 21.6 Å². The minimum absolute atomic E-state index is 0. The number of methoxy groups -OCH3 is 1. The summed E-state index contributed by atoms with van der Waals surface area (Å²) < 4.78 is 5.46. The maximum Gasteiger partial charge on any atom is 2.00 e. The molecule has 0 saturated heterocycles. The van der Waals surface area contributed by atoms with Crippen molar-refractivity contribution in [2.75, 3.05) is 7.11 Å². The van der Waals surface area contributed by atoms with E-state index in [2.05, 4.69) is 57.0 Å². The van der Waals surface area contributed by atoms with Crippen molar-refractivity contribution in [3.8, 4) is 5.75 Å². The van der Waals surface area contributed by atoms with E-state index in [1.807, 2.05) is 32.1 Å². The van der Waals surface area contributed by atoms with Crippen molar-refractivity contribution in [2.24, 2.45) is 22.2 Å². The van der Waals surface area contributed by atoms with E-state index < -0.39 is 0 Å². The number of aryl methyl sites for hydroxylation is 1. The fourth-order valence-electron chi connectivity index (χ4n) is 6.81. The largest absolute Gasteiger partial charge is 2.00 e. The third kappa shape index (κ3) is 5.56. The van der Waals surface area contributed by atoms with E-state index in [0.29, 0.717) is 11.5 Å². The van der Waals surface area contributed by atoms with Gasteiger partial charge in [-0.1, -0.05) is 13.0 Å². The minimum atomic E-state index is 0. The Morgan fingerprint density at radius 2 is 1.73 bits per heavy atom. The number of hydrogen-bond acceptors (Lipinski definition) is 2. The average Bonchev–Trinajstić information content (AvgIpc) is 3.59. The number of fused-ring (bicyclic) bond motifs is 5. The molecule has 0 heterocycles. The van der Waals surface area contributed by atoms with Crippen LogP contribution in [0, 0.1) is 81.0 Å². The van der Waals surface area contributed by atoms with Gasteiger partial charge in [-0.25, -0.2) is 0 Å². The van der Waals surface area contributed by atoms with E-state index in [0.717, 1.165) is 23.5 Å². The summed E-state index contributed by atoms with van der Waals surface area (Å²) in [5, 5.41) is 0. The molecule has 2 nitrogen and oxygen atoms in total. The molecule has 5 atom stereocenters. The van der Waals surface area contributed by atoms with E-state index in [1.165, 1.54) is 50.0 Å². The molecule has 4 fully saturated rings. The van der Waals surface area contributed by atoms with Crippen LogP contribution in [0.15, 0.2) is 23.2 Å². The summed E-state index contributed by atoms with van der Waals surface area (Å²) in [7, 11) is 1.77. The normalized spacial score (nSPS) is 35.2. The van der Waals surface area contributed by atoms with Crippen LogP contribution in [0.3, 0.4) is 0 Å². The second kappa shape index (κ2) is 11.3. The maximum absolute atomic E-state index is 5.46. The van der Waals surface area contributed by atoms with Crippen LogP contribution < -0.4 is 4.74 Å². The van der Waals surface area contributed by atoms with Gasteiger partial charge in [-0.3, -0.25) is 4.99 Å². The van der Waals surface area contributed by atoms with Crippen molar-refractivity contribution in [1.82, 2.24) is 0 Å². The molecule has 0 spiro atoms. The first-order chi connectivity index (χ1) is 15.7. The summed E-state index contributed by atoms with van der Waals surface area (Å²) in [4.78, 5) is 5.00. The Bertz CT molecular complexity index is 789. The van der Waals surface area contributed by atoms with Gasteiger partial charge < -0.3 is 4.74 Å². The zero-order valence-corrected chi connectivity index (χ0v) is 20.9. The first kappa shape index (κ1) is 25.3. The van der Waals surface area contributed by atoms with E-state index in [9.17, 15) is 0 Å². The molecular weight excluding hydrogens is 446 g/mol. The van der Waals surface area contributed by atoms with Crippen LogP contribution in [0.25, 0.3) is 0 Å². The summed E-state index contributed by atoms with van der Waals surface area (Å²) in [5.74, 6) is 4.66. The molecule has 0 N–H and O–H groups in total. The van der Waals surface area contributed by atoms with Gasteiger partial charge in [0.1, 0.15) is 5.75 Å². The zero-order chi connectivity index (χ0) is 22.0. The van der Waals surface area contributed by atoms with Gasteiger partial charge in [-0.05, 0) is 143 Å². The minimum Gasteiger partial charge on any atom is -0.497 e. The van der Waals surface area contributed by atoms with Crippen LogP contribution in [-0.4, -0.2) is 19.4 Å². The van der Waals surface area contributed by atoms with E-state index in [1.54, 1.807) is 12.7 Å². The van der Waals surface area contributed by atoms with Gasteiger partial charge in [0.15, 0.2) is 0 Å². The van der Waals surface area contributed by atoms with Crippen LogP contribution in [0.4, 0.5) is 0 Å². The molecule has 4 saturated carbocycles. The first-order valence-electron chi connectivity index (χ1n) is 12.2. The molecule has 1 aromatic rings. The van der Waals surface area contributed by atoms with Crippen molar-refractivity contribution in [1.29, 1.82) is 0 Å². The summed E-state index contributed by atoms with van der Waals surface area (Å²) in [6.07, 6.45) is 28.4. The molecule has 0 amide bonds. The van der Waals surface area contributed by atoms with Gasteiger partial charge in [0.25, 0.3) is 0 Å². The van der Waals surface area contributed by atoms with Gasteiger partial charge in [0, 0.05) is 12.1 Å². The molecular formula is C30H35FeNO+2. The van der Waals surface area contributed by atoms with Gasteiger partial charge >= 0.3 is 17.1 Å². The number of aliphatic imine (C=N–C) groups is 1. The Morgan fingerprint density at radius 3 is 2.42 bits per heavy atom. The van der Waals surface area contributed by atoms with Crippen molar-refractivity contribution in [3.63, 3.8) is 0 Å². The molecule has 3 heteroatoms. The predicted molar refractivity (Wildman–Crippen MR) is 132 cm³/mol. The SMILES string of the molecule is COc1ccc2c(c1)CC[C@@H]1[C@@H]2CC[C@]2(C)C[C@H](N=C[C]3[CH][CH][CH][CH]3)C[C@@H]12.[CH]1[CH][CH][CH][CH]1.[Fe+2]. The van der Waals surface area contributed by atoms with Crippen LogP contribution in [-0.2, 0) is 23.5 Å². The molecule has 0 bridgehead atoms. The van der Waals surface area contributed by atoms with Gasteiger partial charge in [0.05, 0.1) is 13.2 Å². The summed E-state index contributed by atoms with van der Waals surface area (Å²) in [6.45, 7) is 2.55. The molecule has 0 aliphatic heterocycles. The first-order valence-corrected chi connectivity index (χ1v) is 12.2. The monoisotopic (exact) mass is 481 g/mol. The molecule has 172 valence electrons. The molecule has 6 rings (SSSR count). The van der Waals surface area contributed by atoms with Gasteiger partial charge in [-0.15, -0.1) is 0 Å². The van der Waals surface area contributed by atoms with Crippen LogP contribution in [0.1, 0.15) is 56.1 Å². The molecule has 10 radical (unpaired) electrons. The van der Waals surface area contributed by atoms with Crippen molar-refractivity contribution >= 4 is 6.21 Å². The van der Waals surface area contributed by atoms with Crippen molar-refractivity contribution in [2.45, 2.75) is 57.4 Å². The number of ether oxygens (including phenoxy) is 1. The van der Waals surface area contributed by atoms with Gasteiger partial charge in [-0.2, -0.15) is 0 Å². The summed E-state index contributed by atoms with van der Waals surface area (Å²) in [5.41, 5.74) is 3.62. The molecule has 5 aliphatic carbocycles. The Morgan fingerprint density at radius 1 is 1.00 bits per heavy atom. The Balaban J connectivity index is 0.000000385. The molecule has 1 aromatic carbocycles. The van der Waals surface area contributed by atoms with E-state index >= 15 is 0 Å². The summed E-state index contributed by atoms with van der Waals surface area (Å²) >= 11 is 0. The predicted octanol–water partition coefficient (Wildman–Crippen LogP) is 6.41. The van der Waals surface area contributed by atoms with Crippen molar-refractivity contribution in [3.05, 3.63) is 93.0 Å². The number of nitrogens with zero attached hydrogens (tertiary/aromatic N) is 1. The van der Waals surface area contributed by atoms with E-state index in [-0.39, 0.29) is 17.1 Å². The van der Waals surface area contributed by atoms with Crippen LogP contribution in [0.5, 0.6) is 5.75 Å². The quantitative estimate of drug-likeness (QED) is 0.361. The Hall–Kier alpha value is -0.791. The smallest absolute Gasteiger partial charge is 0.497 e. The van der Waals surface area contributed by atoms with Crippen LogP contribution in [0.2, 0.25) is 0 Å². The van der Waals surface area contributed by atoms with Crippen molar-refractivity contribution < 1.29 is 21.8 Å². The van der Waals surface area contributed by atoms with Crippen LogP contribution >= 0.6 is 0 Å². The Labute approximate surface area is 213 Å². The molecule has 5 aliphatic rings. The Kier molecular flexibility index (Phi) is 8.66. The fourth-order valence-corrected chi connectivity index (χ4v) is 6.81. The molecule has 33 heavy (non-hydrogen) atoms. The number of hydrogen-bond donors (Lipinski definition) is 0. The van der Waals surface area contributed by atoms with Gasteiger partial charge in [0.2, 0.25) is 0 Å². The number of benzene rings is 1. The summed E-state index contributed by atoms with van der Waals surface area (Å²) in [6, 6.07) is 7.30. The zero-order valence-electron chi connectivity index (χ0n) is 19.8. The second-order valence-corrected chi connectivity index (χ2v) is 10.2. The average molecular weight is 481 g/mol. The molecule has 0 aromatic heterocycles. The second-order valence-electron chi connectivity index (χ2n) is 10.2. The number of rotatable bonds is 3. The third-order valence-electron chi connectivity index (χ3n) is 8.36. The molecule has 0 unspecified atom stereocenters. The maximum atomic E-state index is 5.46.